The summed E-state index contributed by atoms with van der Waals surface area (Å²) in [6.45, 7) is 0.638. The summed E-state index contributed by atoms with van der Waals surface area (Å²) in [7, 11) is -0.823. The number of rotatable bonds is 4. The largest absolute Gasteiger partial charge is 0.311 e. The maximum Gasteiger partial charge on any atom is 0.160 e. The van der Waals surface area contributed by atoms with Crippen LogP contribution in [0.1, 0.15) is 5.82 Å². The molecule has 2 aromatic heterocycles. The minimum absolute atomic E-state index is 0.340. The monoisotopic (exact) mass is 257 g/mol. The molecular weight excluding hydrogens is 246 g/mol. The number of alkyl halides is 1. The van der Waals surface area contributed by atoms with E-state index >= 15 is 0 Å². The molecule has 0 radical (unpaired) electrons. The molecule has 2 rings (SSSR count). The molecular formula is C10H12ClN3OS. The Morgan fingerprint density at radius 3 is 3.06 bits per heavy atom. The third kappa shape index (κ3) is 2.25. The van der Waals surface area contributed by atoms with E-state index in [2.05, 4.69) is 9.97 Å². The summed E-state index contributed by atoms with van der Waals surface area (Å²) >= 11 is 5.83. The Kier molecular flexibility index (Phi) is 3.56. The molecule has 0 aliphatic carbocycles. The molecule has 2 aromatic rings. The Hall–Kier alpha value is -0.940. The van der Waals surface area contributed by atoms with Crippen molar-refractivity contribution in [2.45, 2.75) is 12.4 Å². The summed E-state index contributed by atoms with van der Waals surface area (Å²) in [5.74, 6) is 1.71. The third-order valence-corrected chi connectivity index (χ3v) is 3.30. The first kappa shape index (κ1) is 11.5. The highest BCUT2D eigenvalue weighted by Gasteiger charge is 2.10. The Labute approximate surface area is 101 Å². The van der Waals surface area contributed by atoms with Gasteiger partial charge in [0.05, 0.1) is 5.88 Å². The molecule has 1 unspecified atom stereocenters. The van der Waals surface area contributed by atoms with Crippen LogP contribution in [0.2, 0.25) is 0 Å². The van der Waals surface area contributed by atoms with E-state index in [1.54, 1.807) is 12.5 Å². The Bertz CT molecular complexity index is 526. The number of nitrogens with zero attached hydrogens (tertiary/aromatic N) is 3. The quantitative estimate of drug-likeness (QED) is 0.781. The maximum atomic E-state index is 11.1. The lowest BCUT2D eigenvalue weighted by Crippen LogP contribution is -2.09. The van der Waals surface area contributed by atoms with Crippen LogP contribution >= 0.6 is 11.6 Å². The molecule has 0 saturated carbocycles. The molecule has 0 aliphatic heterocycles. The first-order valence-corrected chi connectivity index (χ1v) is 7.14. The molecule has 0 aliphatic rings. The summed E-state index contributed by atoms with van der Waals surface area (Å²) < 4.78 is 13.0. The zero-order chi connectivity index (χ0) is 11.5. The van der Waals surface area contributed by atoms with Gasteiger partial charge >= 0.3 is 0 Å². The Morgan fingerprint density at radius 1 is 1.56 bits per heavy atom. The van der Waals surface area contributed by atoms with E-state index < -0.39 is 10.8 Å². The molecule has 4 nitrogen and oxygen atoms in total. The smallest absolute Gasteiger partial charge is 0.160 e. The van der Waals surface area contributed by atoms with E-state index in [-0.39, 0.29) is 0 Å². The van der Waals surface area contributed by atoms with Crippen LogP contribution in [0.4, 0.5) is 0 Å². The number of pyridine rings is 1. The average molecular weight is 258 g/mol. The lowest BCUT2D eigenvalue weighted by Gasteiger charge is -2.04. The van der Waals surface area contributed by atoms with E-state index in [9.17, 15) is 4.21 Å². The SMILES string of the molecule is CS(=O)CCn1c(CCl)nc2cccnc21. The van der Waals surface area contributed by atoms with Crippen molar-refractivity contribution in [1.29, 1.82) is 0 Å². The molecule has 0 amide bonds. The predicted molar refractivity (Wildman–Crippen MR) is 66.0 cm³/mol. The number of hydrogen-bond donors (Lipinski definition) is 0. The minimum Gasteiger partial charge on any atom is -0.311 e. The van der Waals surface area contributed by atoms with Crippen molar-refractivity contribution >= 4 is 33.6 Å². The van der Waals surface area contributed by atoms with Crippen molar-refractivity contribution in [1.82, 2.24) is 14.5 Å². The molecule has 0 aromatic carbocycles. The summed E-state index contributed by atoms with van der Waals surface area (Å²) in [6.07, 6.45) is 3.41. The van der Waals surface area contributed by atoms with Gasteiger partial charge in [0.25, 0.3) is 0 Å². The lowest BCUT2D eigenvalue weighted by atomic mass is 10.4. The second-order valence-corrected chi connectivity index (χ2v) is 5.26. The second kappa shape index (κ2) is 4.93. The fraction of sp³-hybridized carbons (Fsp3) is 0.400. The van der Waals surface area contributed by atoms with Crippen LogP contribution in [0.25, 0.3) is 11.2 Å². The minimum atomic E-state index is -0.823. The lowest BCUT2D eigenvalue weighted by molar-refractivity contribution is 0.675. The molecule has 2 heterocycles. The summed E-state index contributed by atoms with van der Waals surface area (Å²) in [5.41, 5.74) is 1.64. The molecule has 1 atom stereocenters. The van der Waals surface area contributed by atoms with Gasteiger partial charge in [-0.15, -0.1) is 11.6 Å². The maximum absolute atomic E-state index is 11.1. The van der Waals surface area contributed by atoms with Crippen LogP contribution in [0.3, 0.4) is 0 Å². The zero-order valence-electron chi connectivity index (χ0n) is 8.89. The molecule has 0 spiro atoms. The van der Waals surface area contributed by atoms with Gasteiger partial charge in [-0.2, -0.15) is 0 Å². The highest BCUT2D eigenvalue weighted by molar-refractivity contribution is 7.84. The van der Waals surface area contributed by atoms with Crippen LogP contribution in [-0.2, 0) is 23.2 Å². The van der Waals surface area contributed by atoms with Crippen molar-refractivity contribution in [3.8, 4) is 0 Å². The fourth-order valence-electron chi connectivity index (χ4n) is 1.56. The van der Waals surface area contributed by atoms with Crippen molar-refractivity contribution in [2.75, 3.05) is 12.0 Å². The van der Waals surface area contributed by atoms with E-state index in [0.717, 1.165) is 17.0 Å². The fourth-order valence-corrected chi connectivity index (χ4v) is 2.21. The standard InChI is InChI=1S/C10H12ClN3OS/c1-16(15)6-5-14-9(7-11)13-8-3-2-4-12-10(8)14/h2-4H,5-7H2,1H3. The second-order valence-electron chi connectivity index (χ2n) is 3.44. The molecule has 6 heteroatoms. The van der Waals surface area contributed by atoms with E-state index in [0.29, 0.717) is 18.2 Å². The highest BCUT2D eigenvalue weighted by Crippen LogP contribution is 2.14. The van der Waals surface area contributed by atoms with Crippen LogP contribution in [0, 0.1) is 0 Å². The molecule has 0 N–H and O–H groups in total. The molecule has 86 valence electrons. The normalized spacial score (nSPS) is 13.1. The van der Waals surface area contributed by atoms with Gasteiger partial charge in [0, 0.05) is 35.5 Å². The van der Waals surface area contributed by atoms with Gasteiger partial charge in [-0.1, -0.05) is 0 Å². The molecule has 16 heavy (non-hydrogen) atoms. The number of fused-ring (bicyclic) bond motifs is 1. The summed E-state index contributed by atoms with van der Waals surface area (Å²) in [5, 5.41) is 0. The van der Waals surface area contributed by atoms with Gasteiger partial charge in [-0.25, -0.2) is 9.97 Å². The van der Waals surface area contributed by atoms with Gasteiger partial charge in [-0.3, -0.25) is 4.21 Å². The van der Waals surface area contributed by atoms with Crippen LogP contribution < -0.4 is 0 Å². The first-order valence-electron chi connectivity index (χ1n) is 4.88. The van der Waals surface area contributed by atoms with Crippen LogP contribution in [0.5, 0.6) is 0 Å². The third-order valence-electron chi connectivity index (χ3n) is 2.30. The molecule has 0 saturated heterocycles. The number of aryl methyl sites for hydroxylation is 1. The summed E-state index contributed by atoms with van der Waals surface area (Å²) in [4.78, 5) is 8.65. The Morgan fingerprint density at radius 2 is 2.38 bits per heavy atom. The Balaban J connectivity index is 2.43. The summed E-state index contributed by atoms with van der Waals surface area (Å²) in [6, 6.07) is 3.74. The van der Waals surface area contributed by atoms with Gasteiger partial charge in [-0.05, 0) is 12.1 Å². The highest BCUT2D eigenvalue weighted by atomic mass is 35.5. The van der Waals surface area contributed by atoms with E-state index in [4.69, 9.17) is 11.6 Å². The van der Waals surface area contributed by atoms with E-state index in [1.165, 1.54) is 0 Å². The number of aromatic nitrogens is 3. The van der Waals surface area contributed by atoms with E-state index in [1.807, 2.05) is 16.7 Å². The number of halogens is 1. The van der Waals surface area contributed by atoms with Gasteiger partial charge in [0.1, 0.15) is 11.3 Å². The topological polar surface area (TPSA) is 47.8 Å². The zero-order valence-corrected chi connectivity index (χ0v) is 10.5. The van der Waals surface area contributed by atoms with Crippen molar-refractivity contribution in [3.05, 3.63) is 24.2 Å². The van der Waals surface area contributed by atoms with Gasteiger partial charge in [0.15, 0.2) is 5.65 Å². The molecule has 0 fully saturated rings. The van der Waals surface area contributed by atoms with Crippen LogP contribution in [-0.4, -0.2) is 30.8 Å². The van der Waals surface area contributed by atoms with Gasteiger partial charge < -0.3 is 4.57 Å². The van der Waals surface area contributed by atoms with Crippen molar-refractivity contribution in [3.63, 3.8) is 0 Å². The predicted octanol–water partition coefficient (Wildman–Crippen LogP) is 1.55. The number of imidazole rings is 1. The number of hydrogen-bond acceptors (Lipinski definition) is 3. The average Bonchev–Trinajstić information content (AvgIpc) is 2.64. The first-order chi connectivity index (χ1) is 7.72. The van der Waals surface area contributed by atoms with Gasteiger partial charge in [0.2, 0.25) is 0 Å². The van der Waals surface area contributed by atoms with Crippen molar-refractivity contribution in [2.24, 2.45) is 0 Å². The van der Waals surface area contributed by atoms with Crippen molar-refractivity contribution < 1.29 is 4.21 Å². The molecule has 0 bridgehead atoms. The van der Waals surface area contributed by atoms with Crippen LogP contribution in [0.15, 0.2) is 18.3 Å².